The molecule has 15 heavy (non-hydrogen) atoms. The van der Waals surface area contributed by atoms with Crippen LogP contribution >= 0.6 is 15.9 Å². The molecule has 0 aliphatic carbocycles. The predicted octanol–water partition coefficient (Wildman–Crippen LogP) is 3.51. The summed E-state index contributed by atoms with van der Waals surface area (Å²) >= 11 is 3.56. The van der Waals surface area contributed by atoms with Crippen LogP contribution in [0.4, 0.5) is 5.69 Å². The normalized spacial score (nSPS) is 15.6. The molecule has 0 saturated carbocycles. The number of nitrogens with zero attached hydrogens (tertiary/aromatic N) is 1. The van der Waals surface area contributed by atoms with Gasteiger partial charge in [-0.15, -0.1) is 5.69 Å². The number of rotatable bonds is 1. The predicted molar refractivity (Wildman–Crippen MR) is 62.8 cm³/mol. The van der Waals surface area contributed by atoms with Gasteiger partial charge in [0, 0.05) is 61.6 Å². The molecule has 0 bridgehead atoms. The van der Waals surface area contributed by atoms with Gasteiger partial charge in [0.2, 0.25) is 0 Å². The molecule has 0 aromatic heterocycles. The zero-order valence-corrected chi connectivity index (χ0v) is 15.2. The third kappa shape index (κ3) is 2.97. The number of hydrogen-bond donors (Lipinski definition) is 0. The molecule has 0 saturated heterocycles. The van der Waals surface area contributed by atoms with Gasteiger partial charge in [0.25, 0.3) is 0 Å². The van der Waals surface area contributed by atoms with Crippen LogP contribution in [0.5, 0.6) is 0 Å². The number of hydrogen-bond acceptors (Lipinski definition) is 1. The Morgan fingerprint density at radius 2 is 2.13 bits per heavy atom. The second kappa shape index (κ2) is 6.00. The average Bonchev–Trinajstić information content (AvgIpc) is 2.23. The second-order valence-electron chi connectivity index (χ2n) is 3.67. The van der Waals surface area contributed by atoms with Crippen molar-refractivity contribution in [2.75, 3.05) is 13.1 Å². The van der Waals surface area contributed by atoms with Gasteiger partial charge in [-0.25, -0.2) is 0 Å². The molecule has 0 spiro atoms. The first-order valence-electron chi connectivity index (χ1n) is 4.96. The number of nitrogens with one attached hydrogen (secondary N) is 1. The van der Waals surface area contributed by atoms with Crippen LogP contribution in [0.2, 0.25) is 0 Å². The summed E-state index contributed by atoms with van der Waals surface area (Å²) in [5.74, 6) is 0. The van der Waals surface area contributed by atoms with Gasteiger partial charge in [0.15, 0.2) is 0 Å². The summed E-state index contributed by atoms with van der Waals surface area (Å²) in [6, 6.07) is 3.87. The van der Waals surface area contributed by atoms with E-state index in [2.05, 4.69) is 27.8 Å². The van der Waals surface area contributed by atoms with Crippen LogP contribution < -0.4 is 0 Å². The molecule has 1 N–H and O–H groups in total. The minimum absolute atomic E-state index is 0. The maximum absolute atomic E-state index is 7.83. The zero-order valence-electron chi connectivity index (χ0n) is 8.89. The molecule has 1 aliphatic rings. The smallest absolute Gasteiger partial charge is 0.0247 e. The molecule has 0 amide bonds. The number of likely N-dealkylation sites (N-methyl/N-ethyl adjacent to an activating group) is 1. The number of halogens is 1. The Kier molecular flexibility index (Phi) is 5.59. The van der Waals surface area contributed by atoms with E-state index in [4.69, 9.17) is 5.73 Å². The Bertz CT molecular complexity index is 355. The van der Waals surface area contributed by atoms with Crippen molar-refractivity contribution in [3.63, 3.8) is 0 Å². The van der Waals surface area contributed by atoms with Gasteiger partial charge in [-0.05, 0) is 24.6 Å². The third-order valence-corrected chi connectivity index (χ3v) is 3.62. The molecular weight excluding hydrogens is 467 g/mol. The number of fused-ring (bicyclic) bond motifs is 1. The molecule has 79 valence electrons. The minimum atomic E-state index is 0. The maximum Gasteiger partial charge on any atom is 0.0247 e. The summed E-state index contributed by atoms with van der Waals surface area (Å²) in [4.78, 5) is 2.41. The topological polar surface area (TPSA) is 27.0 Å². The summed E-state index contributed by atoms with van der Waals surface area (Å²) in [6.45, 7) is 5.35. The fourth-order valence-corrected chi connectivity index (χ4v) is 2.46. The van der Waals surface area contributed by atoms with E-state index in [1.807, 2.05) is 12.1 Å². The third-order valence-electron chi connectivity index (χ3n) is 2.88. The standard InChI is InChI=1S/C11H14BrN2.Ac/c1-2-14-6-5-8-9(7-14)10(12)3-4-11(8)13;/h3-4,13H,2,5-7H2,1H3;/q-1;. The summed E-state index contributed by atoms with van der Waals surface area (Å²) in [5, 5.41) is 0. The molecule has 2 rings (SSSR count). The van der Waals surface area contributed by atoms with Crippen LogP contribution in [-0.4, -0.2) is 18.0 Å². The van der Waals surface area contributed by atoms with E-state index in [9.17, 15) is 0 Å². The van der Waals surface area contributed by atoms with Gasteiger partial charge in [-0.3, -0.25) is 4.90 Å². The Hall–Kier alpha value is 0.902. The fraction of sp³-hybridized carbons (Fsp3) is 0.455. The molecule has 1 aromatic carbocycles. The molecule has 1 heterocycles. The van der Waals surface area contributed by atoms with Crippen molar-refractivity contribution in [1.82, 2.24) is 4.90 Å². The summed E-state index contributed by atoms with van der Waals surface area (Å²) in [6.07, 6.45) is 1.02. The quantitative estimate of drug-likeness (QED) is 0.604. The minimum Gasteiger partial charge on any atom is -0.698 e. The van der Waals surface area contributed by atoms with Gasteiger partial charge in [0.1, 0.15) is 0 Å². The van der Waals surface area contributed by atoms with Gasteiger partial charge in [-0.1, -0.05) is 34.5 Å². The first-order chi connectivity index (χ1) is 6.72. The molecule has 4 heteroatoms. The molecule has 0 unspecified atom stereocenters. The van der Waals surface area contributed by atoms with E-state index in [1.165, 1.54) is 11.1 Å². The summed E-state index contributed by atoms with van der Waals surface area (Å²) < 4.78 is 1.15. The second-order valence-corrected chi connectivity index (χ2v) is 4.53. The van der Waals surface area contributed by atoms with Crippen LogP contribution in [0.3, 0.4) is 0 Å². The largest absolute Gasteiger partial charge is 0.698 e. The van der Waals surface area contributed by atoms with Crippen LogP contribution in [-0.2, 0) is 13.0 Å². The first kappa shape index (κ1) is 14.0. The number of benzene rings is 1. The van der Waals surface area contributed by atoms with Crippen molar-refractivity contribution in [2.24, 2.45) is 0 Å². The van der Waals surface area contributed by atoms with E-state index < -0.39 is 0 Å². The monoisotopic (exact) mass is 480 g/mol. The SMILES string of the molecule is CCN1CCc2c([NH-])ccc(Br)c2C1.[Ac]. The van der Waals surface area contributed by atoms with E-state index >= 15 is 0 Å². The van der Waals surface area contributed by atoms with Crippen molar-refractivity contribution in [3.05, 3.63) is 33.5 Å². The Morgan fingerprint density at radius 1 is 1.40 bits per heavy atom. The summed E-state index contributed by atoms with van der Waals surface area (Å²) in [5.41, 5.74) is 11.1. The van der Waals surface area contributed by atoms with Crippen molar-refractivity contribution < 1.29 is 44.1 Å². The first-order valence-corrected chi connectivity index (χ1v) is 5.76. The Morgan fingerprint density at radius 3 is 2.80 bits per heavy atom. The molecule has 2 nitrogen and oxygen atoms in total. The van der Waals surface area contributed by atoms with Gasteiger partial charge >= 0.3 is 0 Å². The van der Waals surface area contributed by atoms with E-state index in [0.29, 0.717) is 5.69 Å². The van der Waals surface area contributed by atoms with Crippen LogP contribution in [0.15, 0.2) is 16.6 Å². The molecular formula is C11H14AcBrN2-. The van der Waals surface area contributed by atoms with Gasteiger partial charge in [0.05, 0.1) is 0 Å². The summed E-state index contributed by atoms with van der Waals surface area (Å²) in [7, 11) is 0. The molecule has 1 aromatic rings. The van der Waals surface area contributed by atoms with Crippen molar-refractivity contribution in [1.29, 1.82) is 0 Å². The molecule has 1 radical (unpaired) electrons. The van der Waals surface area contributed by atoms with Crippen LogP contribution in [0.25, 0.3) is 5.73 Å². The average molecular weight is 481 g/mol. The van der Waals surface area contributed by atoms with Crippen molar-refractivity contribution in [3.8, 4) is 0 Å². The van der Waals surface area contributed by atoms with Gasteiger partial charge in [-0.2, -0.15) is 0 Å². The van der Waals surface area contributed by atoms with Crippen LogP contribution in [0, 0.1) is 44.1 Å². The molecule has 1 aliphatic heterocycles. The van der Waals surface area contributed by atoms with E-state index in [-0.39, 0.29) is 44.1 Å². The molecule has 0 fully saturated rings. The Labute approximate surface area is 135 Å². The van der Waals surface area contributed by atoms with Gasteiger partial charge < -0.3 is 5.73 Å². The van der Waals surface area contributed by atoms with Crippen molar-refractivity contribution >= 4 is 21.6 Å². The fourth-order valence-electron chi connectivity index (χ4n) is 1.96. The zero-order chi connectivity index (χ0) is 10.1. The van der Waals surface area contributed by atoms with Crippen molar-refractivity contribution in [2.45, 2.75) is 19.9 Å². The Balaban J connectivity index is 0.00000112. The van der Waals surface area contributed by atoms with E-state index in [0.717, 1.165) is 30.5 Å². The van der Waals surface area contributed by atoms with Crippen LogP contribution in [0.1, 0.15) is 18.1 Å². The maximum atomic E-state index is 7.83. The van der Waals surface area contributed by atoms with E-state index in [1.54, 1.807) is 0 Å². The molecule has 0 atom stereocenters.